The predicted molar refractivity (Wildman–Crippen MR) is 120 cm³/mol. The van der Waals surface area contributed by atoms with Crippen LogP contribution in [0.15, 0.2) is 71.5 Å². The summed E-state index contributed by atoms with van der Waals surface area (Å²) in [6, 6.07) is 14.4. The van der Waals surface area contributed by atoms with Gasteiger partial charge in [0.2, 0.25) is 0 Å². The van der Waals surface area contributed by atoms with Crippen molar-refractivity contribution in [2.24, 2.45) is 0 Å². The number of carbonyl (C=O) groups is 1. The summed E-state index contributed by atoms with van der Waals surface area (Å²) in [5, 5.41) is 6.54. The summed E-state index contributed by atoms with van der Waals surface area (Å²) in [6.07, 6.45) is 2.59. The third kappa shape index (κ3) is 5.45. The van der Waals surface area contributed by atoms with E-state index in [0.717, 1.165) is 14.7 Å². The molecule has 4 rings (SSSR count). The standard InChI is InChI=1S/C24H16BrF4N3O2/c25-16-4-6-18(7-5-16)34-13-14-2-1-3-15(8-14)24(33)31-17-10-30-32(11-17)12-19-20(26)9-21(27)23(29)22(19)28/h1-11H,12-13H2,(H,31,33). The molecule has 174 valence electrons. The van der Waals surface area contributed by atoms with Crippen LogP contribution in [-0.2, 0) is 13.2 Å². The van der Waals surface area contributed by atoms with E-state index in [9.17, 15) is 22.4 Å². The van der Waals surface area contributed by atoms with Crippen molar-refractivity contribution in [1.29, 1.82) is 0 Å². The minimum absolute atomic E-state index is 0.255. The number of amides is 1. The molecule has 0 radical (unpaired) electrons. The Balaban J connectivity index is 1.41. The van der Waals surface area contributed by atoms with E-state index in [1.165, 1.54) is 12.4 Å². The second kappa shape index (κ2) is 10.1. The van der Waals surface area contributed by atoms with E-state index in [2.05, 4.69) is 26.3 Å². The molecule has 0 atom stereocenters. The third-order valence-corrected chi connectivity index (χ3v) is 5.36. The second-order valence-corrected chi connectivity index (χ2v) is 8.19. The molecule has 0 fully saturated rings. The SMILES string of the molecule is O=C(Nc1cnn(Cc2c(F)cc(F)c(F)c2F)c1)c1cccc(COc2ccc(Br)cc2)c1. The molecule has 10 heteroatoms. The molecule has 1 aromatic heterocycles. The van der Waals surface area contributed by atoms with Crippen LogP contribution in [0.4, 0.5) is 23.2 Å². The smallest absolute Gasteiger partial charge is 0.255 e. The van der Waals surface area contributed by atoms with Crippen molar-refractivity contribution in [2.45, 2.75) is 13.2 Å². The Morgan fingerprint density at radius 1 is 1.00 bits per heavy atom. The third-order valence-electron chi connectivity index (χ3n) is 4.83. The summed E-state index contributed by atoms with van der Waals surface area (Å²) in [7, 11) is 0. The Kier molecular flexibility index (Phi) is 6.97. The molecule has 0 saturated carbocycles. The van der Waals surface area contributed by atoms with Gasteiger partial charge in [-0.2, -0.15) is 5.10 Å². The maximum atomic E-state index is 13.9. The predicted octanol–water partition coefficient (Wildman–Crippen LogP) is 6.08. The Labute approximate surface area is 200 Å². The summed E-state index contributed by atoms with van der Waals surface area (Å²) in [5.41, 5.74) is 0.709. The molecule has 1 amide bonds. The Hall–Kier alpha value is -3.66. The molecule has 0 bridgehead atoms. The van der Waals surface area contributed by atoms with Crippen molar-refractivity contribution in [1.82, 2.24) is 9.78 Å². The number of anilines is 1. The highest BCUT2D eigenvalue weighted by Gasteiger charge is 2.19. The lowest BCUT2D eigenvalue weighted by Gasteiger charge is -2.08. The number of hydrogen-bond donors (Lipinski definition) is 1. The van der Waals surface area contributed by atoms with E-state index >= 15 is 0 Å². The molecule has 0 unspecified atom stereocenters. The molecule has 5 nitrogen and oxygen atoms in total. The van der Waals surface area contributed by atoms with E-state index in [0.29, 0.717) is 11.3 Å². The number of ether oxygens (including phenoxy) is 1. The van der Waals surface area contributed by atoms with Gasteiger partial charge in [-0.25, -0.2) is 17.6 Å². The zero-order valence-electron chi connectivity index (χ0n) is 17.4. The molecule has 0 spiro atoms. The average Bonchev–Trinajstić information content (AvgIpc) is 3.27. The highest BCUT2D eigenvalue weighted by atomic mass is 79.9. The average molecular weight is 534 g/mol. The number of rotatable bonds is 7. The number of nitrogens with zero attached hydrogens (tertiary/aromatic N) is 2. The van der Waals surface area contributed by atoms with Gasteiger partial charge in [0, 0.05) is 27.9 Å². The first-order valence-corrected chi connectivity index (χ1v) is 10.7. The van der Waals surface area contributed by atoms with Gasteiger partial charge in [0.15, 0.2) is 17.5 Å². The Bertz CT molecular complexity index is 1340. The van der Waals surface area contributed by atoms with Crippen molar-refractivity contribution in [3.05, 3.63) is 111 Å². The first-order chi connectivity index (χ1) is 16.3. The number of benzene rings is 3. The topological polar surface area (TPSA) is 56.2 Å². The van der Waals surface area contributed by atoms with Crippen molar-refractivity contribution in [3.8, 4) is 5.75 Å². The van der Waals surface area contributed by atoms with Gasteiger partial charge >= 0.3 is 0 Å². The van der Waals surface area contributed by atoms with Crippen LogP contribution in [0.1, 0.15) is 21.5 Å². The van der Waals surface area contributed by atoms with Gasteiger partial charge < -0.3 is 10.1 Å². The summed E-state index contributed by atoms with van der Waals surface area (Å²) in [4.78, 5) is 12.6. The lowest BCUT2D eigenvalue weighted by molar-refractivity contribution is 0.102. The van der Waals surface area contributed by atoms with Gasteiger partial charge in [-0.05, 0) is 42.0 Å². The van der Waals surface area contributed by atoms with Crippen LogP contribution in [0.3, 0.4) is 0 Å². The number of aromatic nitrogens is 2. The van der Waals surface area contributed by atoms with Crippen molar-refractivity contribution < 1.29 is 27.1 Å². The highest BCUT2D eigenvalue weighted by molar-refractivity contribution is 9.10. The largest absolute Gasteiger partial charge is 0.489 e. The number of halogens is 5. The fourth-order valence-corrected chi connectivity index (χ4v) is 3.39. The second-order valence-electron chi connectivity index (χ2n) is 7.27. The fourth-order valence-electron chi connectivity index (χ4n) is 3.13. The van der Waals surface area contributed by atoms with Crippen molar-refractivity contribution >= 4 is 27.5 Å². The molecule has 3 aromatic carbocycles. The molecule has 34 heavy (non-hydrogen) atoms. The minimum Gasteiger partial charge on any atom is -0.489 e. The molecule has 1 heterocycles. The van der Waals surface area contributed by atoms with E-state index in [1.54, 1.807) is 18.2 Å². The zero-order chi connectivity index (χ0) is 24.2. The molecule has 0 saturated heterocycles. The lowest BCUT2D eigenvalue weighted by Crippen LogP contribution is -2.12. The van der Waals surface area contributed by atoms with Crippen LogP contribution in [0.2, 0.25) is 0 Å². The molecular weight excluding hydrogens is 518 g/mol. The molecule has 4 aromatic rings. The van der Waals surface area contributed by atoms with E-state index in [4.69, 9.17) is 4.74 Å². The minimum atomic E-state index is -1.76. The van der Waals surface area contributed by atoms with Gasteiger partial charge in [-0.1, -0.05) is 28.1 Å². The van der Waals surface area contributed by atoms with Crippen molar-refractivity contribution in [3.63, 3.8) is 0 Å². The normalized spacial score (nSPS) is 10.9. The van der Waals surface area contributed by atoms with Gasteiger partial charge in [0.1, 0.15) is 18.2 Å². The zero-order valence-corrected chi connectivity index (χ0v) is 19.0. The van der Waals surface area contributed by atoms with E-state index in [1.807, 2.05) is 30.3 Å². The van der Waals surface area contributed by atoms with Gasteiger partial charge in [0.05, 0.1) is 18.4 Å². The van der Waals surface area contributed by atoms with Crippen LogP contribution in [0.25, 0.3) is 0 Å². The highest BCUT2D eigenvalue weighted by Crippen LogP contribution is 2.21. The summed E-state index contributed by atoms with van der Waals surface area (Å²) >= 11 is 3.36. The Morgan fingerprint density at radius 2 is 1.76 bits per heavy atom. The first-order valence-electron chi connectivity index (χ1n) is 9.93. The monoisotopic (exact) mass is 533 g/mol. The van der Waals surface area contributed by atoms with Gasteiger partial charge in [0.25, 0.3) is 5.91 Å². The maximum Gasteiger partial charge on any atom is 0.255 e. The van der Waals surface area contributed by atoms with E-state index < -0.39 is 41.3 Å². The van der Waals surface area contributed by atoms with Crippen LogP contribution in [0.5, 0.6) is 5.75 Å². The van der Waals surface area contributed by atoms with Crippen LogP contribution in [-0.4, -0.2) is 15.7 Å². The van der Waals surface area contributed by atoms with Crippen LogP contribution >= 0.6 is 15.9 Å². The first kappa shape index (κ1) is 23.5. The fraction of sp³-hybridized carbons (Fsp3) is 0.0833. The van der Waals surface area contributed by atoms with Crippen molar-refractivity contribution in [2.75, 3.05) is 5.32 Å². The lowest BCUT2D eigenvalue weighted by atomic mass is 10.1. The summed E-state index contributed by atoms with van der Waals surface area (Å²) in [6.45, 7) is -0.236. The molecule has 0 aliphatic heterocycles. The number of hydrogen-bond acceptors (Lipinski definition) is 3. The van der Waals surface area contributed by atoms with Crippen LogP contribution in [0, 0.1) is 23.3 Å². The maximum absolute atomic E-state index is 13.9. The van der Waals surface area contributed by atoms with Gasteiger partial charge in [-0.15, -0.1) is 0 Å². The van der Waals surface area contributed by atoms with E-state index in [-0.39, 0.29) is 18.4 Å². The number of nitrogens with one attached hydrogen (secondary N) is 1. The Morgan fingerprint density at radius 3 is 2.53 bits per heavy atom. The summed E-state index contributed by atoms with van der Waals surface area (Å²) in [5.74, 6) is -5.99. The number of carbonyl (C=O) groups excluding carboxylic acids is 1. The summed E-state index contributed by atoms with van der Waals surface area (Å²) < 4.78 is 62.0. The molecule has 0 aliphatic carbocycles. The molecule has 1 N–H and O–H groups in total. The van der Waals surface area contributed by atoms with Crippen LogP contribution < -0.4 is 10.1 Å². The quantitative estimate of drug-likeness (QED) is 0.178. The van der Waals surface area contributed by atoms with Gasteiger partial charge in [-0.3, -0.25) is 9.48 Å². The molecule has 0 aliphatic rings. The molecular formula is C24H16BrF4N3O2.